The molecule has 3 nitrogen and oxygen atoms in total. The molecule has 20 heavy (non-hydrogen) atoms. The second-order valence-corrected chi connectivity index (χ2v) is 6.31. The van der Waals surface area contributed by atoms with Crippen molar-refractivity contribution in [3.8, 4) is 0 Å². The molecule has 1 aromatic carbocycles. The van der Waals surface area contributed by atoms with E-state index in [4.69, 9.17) is 16.3 Å². The number of nitrogens with one attached hydrogen (secondary N) is 1. The van der Waals surface area contributed by atoms with Crippen molar-refractivity contribution in [2.75, 3.05) is 31.7 Å². The minimum atomic E-state index is 0.429. The lowest BCUT2D eigenvalue weighted by Crippen LogP contribution is -2.33. The van der Waals surface area contributed by atoms with Gasteiger partial charge in [0.1, 0.15) is 0 Å². The highest BCUT2D eigenvalue weighted by molar-refractivity contribution is 6.33. The average molecular weight is 297 g/mol. The highest BCUT2D eigenvalue weighted by Gasteiger charge is 2.23. The number of nitrogens with zero attached hydrogens (tertiary/aromatic N) is 1. The Hall–Kier alpha value is -0.770. The van der Waals surface area contributed by atoms with Crippen LogP contribution in [0, 0.1) is 5.92 Å². The van der Waals surface area contributed by atoms with E-state index in [-0.39, 0.29) is 0 Å². The molecule has 1 N–H and O–H groups in total. The third-order valence-corrected chi connectivity index (χ3v) is 4.05. The second kappa shape index (κ2) is 7.30. The third-order valence-electron chi connectivity index (χ3n) is 3.74. The van der Waals surface area contributed by atoms with E-state index in [2.05, 4.69) is 37.2 Å². The first-order chi connectivity index (χ1) is 9.59. The zero-order valence-electron chi connectivity index (χ0n) is 12.7. The molecule has 112 valence electrons. The van der Waals surface area contributed by atoms with Crippen LogP contribution in [0.5, 0.6) is 0 Å². The first-order valence-electron chi connectivity index (χ1n) is 7.38. The maximum Gasteiger partial charge on any atom is 0.0670 e. The van der Waals surface area contributed by atoms with Gasteiger partial charge < -0.3 is 15.0 Å². The molecule has 1 heterocycles. The lowest BCUT2D eigenvalue weighted by atomic mass is 10.1. The summed E-state index contributed by atoms with van der Waals surface area (Å²) in [5, 5.41) is 4.32. The second-order valence-electron chi connectivity index (χ2n) is 5.90. The SMILES string of the molecule is CC(C)CNCc1cccc(Cl)c1N(C)C1CCOC1. The summed E-state index contributed by atoms with van der Waals surface area (Å²) in [5.74, 6) is 0.651. The molecular weight excluding hydrogens is 272 g/mol. The van der Waals surface area contributed by atoms with Gasteiger partial charge in [-0.05, 0) is 30.5 Å². The molecule has 1 saturated heterocycles. The molecule has 0 spiro atoms. The Bertz CT molecular complexity index is 430. The number of para-hydroxylation sites is 1. The quantitative estimate of drug-likeness (QED) is 0.871. The van der Waals surface area contributed by atoms with Gasteiger partial charge in [0.15, 0.2) is 0 Å². The predicted molar refractivity (Wildman–Crippen MR) is 85.6 cm³/mol. The van der Waals surface area contributed by atoms with Crippen molar-refractivity contribution in [2.45, 2.75) is 32.9 Å². The lowest BCUT2D eigenvalue weighted by Gasteiger charge is -2.29. The number of benzene rings is 1. The summed E-state index contributed by atoms with van der Waals surface area (Å²) in [4.78, 5) is 2.28. The van der Waals surface area contributed by atoms with Crippen LogP contribution in [0.25, 0.3) is 0 Å². The molecule has 1 fully saturated rings. The Morgan fingerprint density at radius 1 is 1.45 bits per heavy atom. The molecule has 0 radical (unpaired) electrons. The molecule has 0 saturated carbocycles. The first-order valence-corrected chi connectivity index (χ1v) is 7.76. The molecule has 4 heteroatoms. The summed E-state index contributed by atoms with van der Waals surface area (Å²) >= 11 is 6.43. The predicted octanol–water partition coefficient (Wildman–Crippen LogP) is 3.31. The Morgan fingerprint density at radius 2 is 2.25 bits per heavy atom. The molecule has 1 aliphatic heterocycles. The van der Waals surface area contributed by atoms with Gasteiger partial charge in [-0.1, -0.05) is 37.6 Å². The number of hydrogen-bond acceptors (Lipinski definition) is 3. The van der Waals surface area contributed by atoms with Crippen molar-refractivity contribution >= 4 is 17.3 Å². The van der Waals surface area contributed by atoms with Gasteiger partial charge in [0.25, 0.3) is 0 Å². The number of hydrogen-bond donors (Lipinski definition) is 1. The van der Waals surface area contributed by atoms with Gasteiger partial charge in [-0.3, -0.25) is 0 Å². The van der Waals surface area contributed by atoms with Gasteiger partial charge in [-0.25, -0.2) is 0 Å². The normalized spacial score (nSPS) is 18.8. The molecule has 1 aromatic rings. The van der Waals surface area contributed by atoms with Crippen LogP contribution < -0.4 is 10.2 Å². The van der Waals surface area contributed by atoms with E-state index in [0.29, 0.717) is 12.0 Å². The first kappa shape index (κ1) is 15.6. The smallest absolute Gasteiger partial charge is 0.0670 e. The summed E-state index contributed by atoms with van der Waals surface area (Å²) in [6.07, 6.45) is 1.07. The number of rotatable bonds is 6. The summed E-state index contributed by atoms with van der Waals surface area (Å²) < 4.78 is 5.49. The largest absolute Gasteiger partial charge is 0.379 e. The Balaban J connectivity index is 2.12. The molecule has 2 rings (SSSR count). The zero-order chi connectivity index (χ0) is 14.5. The summed E-state index contributed by atoms with van der Waals surface area (Å²) in [7, 11) is 2.12. The maximum absolute atomic E-state index is 6.43. The fourth-order valence-corrected chi connectivity index (χ4v) is 2.93. The fraction of sp³-hybridized carbons (Fsp3) is 0.625. The number of anilines is 1. The molecule has 0 aliphatic carbocycles. The third kappa shape index (κ3) is 3.87. The standard InChI is InChI=1S/C16H25ClN2O/c1-12(2)9-18-10-13-5-4-6-15(17)16(13)19(3)14-7-8-20-11-14/h4-6,12,14,18H,7-11H2,1-3H3. The van der Waals surface area contributed by atoms with Crippen molar-refractivity contribution < 1.29 is 4.74 Å². The van der Waals surface area contributed by atoms with Crippen LogP contribution >= 0.6 is 11.6 Å². The van der Waals surface area contributed by atoms with Crippen LogP contribution in [0.2, 0.25) is 5.02 Å². The lowest BCUT2D eigenvalue weighted by molar-refractivity contribution is 0.193. The molecule has 1 unspecified atom stereocenters. The summed E-state index contributed by atoms with van der Waals surface area (Å²) in [6, 6.07) is 6.58. The van der Waals surface area contributed by atoms with Gasteiger partial charge >= 0.3 is 0 Å². The van der Waals surface area contributed by atoms with Crippen molar-refractivity contribution in [2.24, 2.45) is 5.92 Å². The van der Waals surface area contributed by atoms with Crippen molar-refractivity contribution in [3.63, 3.8) is 0 Å². The van der Waals surface area contributed by atoms with E-state index >= 15 is 0 Å². The van der Waals surface area contributed by atoms with Crippen molar-refractivity contribution in [1.82, 2.24) is 5.32 Å². The minimum Gasteiger partial charge on any atom is -0.379 e. The van der Waals surface area contributed by atoms with Gasteiger partial charge in [0.2, 0.25) is 0 Å². The van der Waals surface area contributed by atoms with Crippen molar-refractivity contribution in [1.29, 1.82) is 0 Å². The highest BCUT2D eigenvalue weighted by atomic mass is 35.5. The molecule has 1 aliphatic rings. The van der Waals surface area contributed by atoms with Crippen LogP contribution in [-0.2, 0) is 11.3 Å². The Labute approximate surface area is 127 Å². The topological polar surface area (TPSA) is 24.5 Å². The van der Waals surface area contributed by atoms with Crippen LogP contribution in [-0.4, -0.2) is 32.8 Å². The van der Waals surface area contributed by atoms with Crippen LogP contribution in [0.3, 0.4) is 0 Å². The van der Waals surface area contributed by atoms with Gasteiger partial charge in [0, 0.05) is 20.2 Å². The number of ether oxygens (including phenoxy) is 1. The van der Waals surface area contributed by atoms with Gasteiger partial charge in [0.05, 0.1) is 23.4 Å². The van der Waals surface area contributed by atoms with Gasteiger partial charge in [-0.2, -0.15) is 0 Å². The summed E-state index contributed by atoms with van der Waals surface area (Å²) in [6.45, 7) is 7.94. The van der Waals surface area contributed by atoms with Gasteiger partial charge in [-0.15, -0.1) is 0 Å². The zero-order valence-corrected chi connectivity index (χ0v) is 13.4. The summed E-state index contributed by atoms with van der Waals surface area (Å²) in [5.41, 5.74) is 2.40. The van der Waals surface area contributed by atoms with E-state index in [1.165, 1.54) is 5.56 Å². The van der Waals surface area contributed by atoms with Crippen molar-refractivity contribution in [3.05, 3.63) is 28.8 Å². The minimum absolute atomic E-state index is 0.429. The fourth-order valence-electron chi connectivity index (χ4n) is 2.60. The highest BCUT2D eigenvalue weighted by Crippen LogP contribution is 2.32. The van der Waals surface area contributed by atoms with E-state index in [1.807, 2.05) is 12.1 Å². The van der Waals surface area contributed by atoms with E-state index < -0.39 is 0 Å². The molecular formula is C16H25ClN2O. The molecule has 1 atom stereocenters. The maximum atomic E-state index is 6.43. The Morgan fingerprint density at radius 3 is 2.90 bits per heavy atom. The number of likely N-dealkylation sites (N-methyl/N-ethyl adjacent to an activating group) is 1. The van der Waals surface area contributed by atoms with Crippen LogP contribution in [0.4, 0.5) is 5.69 Å². The monoisotopic (exact) mass is 296 g/mol. The van der Waals surface area contributed by atoms with Crippen LogP contribution in [0.1, 0.15) is 25.8 Å². The average Bonchev–Trinajstić information content (AvgIpc) is 2.91. The van der Waals surface area contributed by atoms with E-state index in [9.17, 15) is 0 Å². The molecule has 0 bridgehead atoms. The van der Waals surface area contributed by atoms with Crippen LogP contribution in [0.15, 0.2) is 18.2 Å². The Kier molecular flexibility index (Phi) is 5.70. The molecule has 0 aromatic heterocycles. The van der Waals surface area contributed by atoms with E-state index in [1.54, 1.807) is 0 Å². The molecule has 0 amide bonds. The van der Waals surface area contributed by atoms with E-state index in [0.717, 1.165) is 43.4 Å². The number of halogens is 1.